The third-order valence-corrected chi connectivity index (χ3v) is 5.40. The Bertz CT molecular complexity index is 531. The van der Waals surface area contributed by atoms with E-state index in [-0.39, 0.29) is 0 Å². The summed E-state index contributed by atoms with van der Waals surface area (Å²) in [4.78, 5) is 14.3. The molecule has 3 aliphatic rings. The third kappa shape index (κ3) is 2.76. The lowest BCUT2D eigenvalue weighted by atomic mass is 9.84. The number of nitrogens with zero attached hydrogens (tertiary/aromatic N) is 4. The van der Waals surface area contributed by atoms with Crippen molar-refractivity contribution in [3.8, 4) is 0 Å². The van der Waals surface area contributed by atoms with Gasteiger partial charge < -0.3 is 9.80 Å². The highest BCUT2D eigenvalue weighted by Crippen LogP contribution is 2.40. The maximum Gasteiger partial charge on any atom is 0.135 e. The molecule has 21 heavy (non-hydrogen) atoms. The number of likely N-dealkylation sites (tertiary alicyclic amines) is 1. The van der Waals surface area contributed by atoms with Crippen LogP contribution < -0.4 is 4.90 Å². The molecule has 0 N–H and O–H groups in total. The molecule has 1 aliphatic carbocycles. The summed E-state index contributed by atoms with van der Waals surface area (Å²) in [6.45, 7) is 3.52. The van der Waals surface area contributed by atoms with Gasteiger partial charge >= 0.3 is 0 Å². The first-order chi connectivity index (χ1) is 10.2. The van der Waals surface area contributed by atoms with Gasteiger partial charge in [-0.05, 0) is 51.6 Å². The summed E-state index contributed by atoms with van der Waals surface area (Å²) in [6.07, 6.45) is 6.28. The van der Waals surface area contributed by atoms with Gasteiger partial charge in [0.2, 0.25) is 0 Å². The van der Waals surface area contributed by atoms with Crippen LogP contribution in [0.3, 0.4) is 0 Å². The number of fused-ring (bicyclic) bond motifs is 1. The Balaban J connectivity index is 1.62. The SMILES string of the molecule is CN1CCC2C(CCCN2c2cc(Cl)nc(C3CC3)n2)C1. The number of rotatable bonds is 2. The van der Waals surface area contributed by atoms with Crippen LogP contribution in [0.4, 0.5) is 5.82 Å². The molecule has 2 atom stereocenters. The maximum atomic E-state index is 6.25. The lowest BCUT2D eigenvalue weighted by molar-refractivity contribution is 0.154. The Kier molecular flexibility index (Phi) is 3.54. The molecule has 1 aromatic heterocycles. The minimum Gasteiger partial charge on any atom is -0.353 e. The summed E-state index contributed by atoms with van der Waals surface area (Å²) in [7, 11) is 2.24. The fourth-order valence-electron chi connectivity index (χ4n) is 3.96. The fourth-order valence-corrected chi connectivity index (χ4v) is 4.15. The van der Waals surface area contributed by atoms with Crippen molar-refractivity contribution in [1.82, 2.24) is 14.9 Å². The molecular weight excluding hydrogens is 284 g/mol. The molecule has 3 heterocycles. The maximum absolute atomic E-state index is 6.25. The van der Waals surface area contributed by atoms with E-state index < -0.39 is 0 Å². The average Bonchev–Trinajstić information content (AvgIpc) is 3.30. The molecule has 0 aromatic carbocycles. The molecule has 1 aromatic rings. The van der Waals surface area contributed by atoms with Gasteiger partial charge in [0, 0.05) is 31.1 Å². The molecule has 3 fully saturated rings. The van der Waals surface area contributed by atoms with Gasteiger partial charge in [0.15, 0.2) is 0 Å². The highest BCUT2D eigenvalue weighted by Gasteiger charge is 2.36. The number of hydrogen-bond donors (Lipinski definition) is 0. The smallest absolute Gasteiger partial charge is 0.135 e. The van der Waals surface area contributed by atoms with Crippen LogP contribution in [0.2, 0.25) is 5.15 Å². The Morgan fingerprint density at radius 1 is 1.14 bits per heavy atom. The molecule has 0 bridgehead atoms. The number of piperidine rings is 2. The molecular formula is C16H23ClN4. The van der Waals surface area contributed by atoms with Gasteiger partial charge in [-0.1, -0.05) is 11.6 Å². The highest BCUT2D eigenvalue weighted by atomic mass is 35.5. The zero-order valence-electron chi connectivity index (χ0n) is 12.6. The van der Waals surface area contributed by atoms with E-state index in [1.54, 1.807) is 0 Å². The second-order valence-corrected chi connectivity index (χ2v) is 7.28. The molecule has 2 unspecified atom stereocenters. The van der Waals surface area contributed by atoms with E-state index in [0.717, 1.165) is 24.1 Å². The number of halogens is 1. The fraction of sp³-hybridized carbons (Fsp3) is 0.750. The minimum absolute atomic E-state index is 0.556. The normalized spacial score (nSPS) is 30.3. The molecule has 0 amide bonds. The second-order valence-electron chi connectivity index (χ2n) is 6.90. The minimum atomic E-state index is 0.556. The zero-order valence-corrected chi connectivity index (χ0v) is 13.4. The second kappa shape index (κ2) is 5.40. The van der Waals surface area contributed by atoms with Gasteiger partial charge in [-0.15, -0.1) is 0 Å². The van der Waals surface area contributed by atoms with Gasteiger partial charge in [0.25, 0.3) is 0 Å². The molecule has 4 nitrogen and oxygen atoms in total. The summed E-state index contributed by atoms with van der Waals surface area (Å²) in [5.74, 6) is 3.36. The van der Waals surface area contributed by atoms with E-state index in [2.05, 4.69) is 21.8 Å². The van der Waals surface area contributed by atoms with Crippen LogP contribution in [0.15, 0.2) is 6.07 Å². The van der Waals surface area contributed by atoms with Crippen molar-refractivity contribution in [2.75, 3.05) is 31.6 Å². The molecule has 1 saturated carbocycles. The summed E-state index contributed by atoms with van der Waals surface area (Å²) < 4.78 is 0. The van der Waals surface area contributed by atoms with E-state index in [4.69, 9.17) is 16.6 Å². The Morgan fingerprint density at radius 3 is 2.81 bits per heavy atom. The summed E-state index contributed by atoms with van der Waals surface area (Å²) in [5.41, 5.74) is 0. The van der Waals surface area contributed by atoms with Crippen LogP contribution in [-0.4, -0.2) is 47.6 Å². The van der Waals surface area contributed by atoms with Crippen LogP contribution >= 0.6 is 11.6 Å². The summed E-state index contributed by atoms with van der Waals surface area (Å²) in [5, 5.41) is 0.608. The van der Waals surface area contributed by atoms with Crippen molar-refractivity contribution < 1.29 is 0 Å². The highest BCUT2D eigenvalue weighted by molar-refractivity contribution is 6.29. The Hall–Kier alpha value is -0.870. The predicted molar refractivity (Wildman–Crippen MR) is 85.0 cm³/mol. The van der Waals surface area contributed by atoms with E-state index in [1.807, 2.05) is 6.07 Å². The molecule has 4 rings (SSSR count). The van der Waals surface area contributed by atoms with Gasteiger partial charge in [-0.2, -0.15) is 0 Å². The van der Waals surface area contributed by atoms with Crippen LogP contribution in [-0.2, 0) is 0 Å². The Morgan fingerprint density at radius 2 is 2.00 bits per heavy atom. The lowest BCUT2D eigenvalue weighted by Gasteiger charge is -2.47. The predicted octanol–water partition coefficient (Wildman–Crippen LogP) is 2.93. The quantitative estimate of drug-likeness (QED) is 0.787. The van der Waals surface area contributed by atoms with E-state index >= 15 is 0 Å². The first-order valence-electron chi connectivity index (χ1n) is 8.20. The molecule has 2 saturated heterocycles. The number of aromatic nitrogens is 2. The van der Waals surface area contributed by atoms with Gasteiger partial charge in [0.1, 0.15) is 16.8 Å². The molecule has 2 aliphatic heterocycles. The van der Waals surface area contributed by atoms with Gasteiger partial charge in [-0.3, -0.25) is 0 Å². The van der Waals surface area contributed by atoms with Crippen LogP contribution in [0.25, 0.3) is 0 Å². The van der Waals surface area contributed by atoms with Gasteiger partial charge in [0.05, 0.1) is 0 Å². The van der Waals surface area contributed by atoms with Crippen LogP contribution in [0.1, 0.15) is 43.8 Å². The topological polar surface area (TPSA) is 32.3 Å². The van der Waals surface area contributed by atoms with E-state index in [0.29, 0.717) is 17.1 Å². The first-order valence-corrected chi connectivity index (χ1v) is 8.58. The number of anilines is 1. The number of hydrogen-bond acceptors (Lipinski definition) is 4. The van der Waals surface area contributed by atoms with E-state index in [1.165, 1.54) is 45.2 Å². The zero-order chi connectivity index (χ0) is 14.4. The monoisotopic (exact) mass is 306 g/mol. The van der Waals surface area contributed by atoms with Crippen molar-refractivity contribution in [3.63, 3.8) is 0 Å². The average molecular weight is 307 g/mol. The van der Waals surface area contributed by atoms with Crippen molar-refractivity contribution in [1.29, 1.82) is 0 Å². The summed E-state index contributed by atoms with van der Waals surface area (Å²) in [6, 6.07) is 2.60. The van der Waals surface area contributed by atoms with Crippen LogP contribution in [0.5, 0.6) is 0 Å². The lowest BCUT2D eigenvalue weighted by Crippen LogP contribution is -2.53. The van der Waals surface area contributed by atoms with Crippen molar-refractivity contribution in [2.45, 2.75) is 44.1 Å². The van der Waals surface area contributed by atoms with Crippen molar-refractivity contribution in [2.24, 2.45) is 5.92 Å². The molecule has 5 heteroatoms. The van der Waals surface area contributed by atoms with E-state index in [9.17, 15) is 0 Å². The molecule has 114 valence electrons. The Labute approximate surface area is 131 Å². The van der Waals surface area contributed by atoms with Crippen molar-refractivity contribution >= 4 is 17.4 Å². The van der Waals surface area contributed by atoms with Crippen LogP contribution in [0, 0.1) is 5.92 Å². The first kappa shape index (κ1) is 13.8. The van der Waals surface area contributed by atoms with Crippen molar-refractivity contribution in [3.05, 3.63) is 17.0 Å². The van der Waals surface area contributed by atoms with Gasteiger partial charge in [-0.25, -0.2) is 9.97 Å². The third-order valence-electron chi connectivity index (χ3n) is 5.21. The standard InChI is InChI=1S/C16H23ClN4/c1-20-8-6-13-12(10-20)3-2-7-21(13)15-9-14(17)18-16(19-15)11-4-5-11/h9,11-13H,2-8,10H2,1H3. The molecule has 0 radical (unpaired) electrons. The summed E-state index contributed by atoms with van der Waals surface area (Å²) >= 11 is 6.25. The largest absolute Gasteiger partial charge is 0.353 e. The molecule has 0 spiro atoms.